The number of halogens is 1. The van der Waals surface area contributed by atoms with Crippen LogP contribution >= 0.6 is 24.0 Å². The summed E-state index contributed by atoms with van der Waals surface area (Å²) in [6, 6.07) is 3.81. The van der Waals surface area contributed by atoms with Gasteiger partial charge in [0.2, 0.25) is 5.75 Å². The highest BCUT2D eigenvalue weighted by atomic mass is 127. The van der Waals surface area contributed by atoms with E-state index in [1.54, 1.807) is 33.1 Å². The molecule has 29 heavy (non-hydrogen) atoms. The molecule has 0 aliphatic heterocycles. The summed E-state index contributed by atoms with van der Waals surface area (Å²) in [5.41, 5.74) is 1.90. The molecule has 0 spiro atoms. The summed E-state index contributed by atoms with van der Waals surface area (Å²) in [5.74, 6) is 2.32. The molecule has 0 fully saturated rings. The van der Waals surface area contributed by atoms with Gasteiger partial charge in [0.1, 0.15) is 0 Å². The minimum absolute atomic E-state index is 0. The fourth-order valence-corrected chi connectivity index (χ4v) is 2.87. The van der Waals surface area contributed by atoms with Crippen LogP contribution in [0.5, 0.6) is 17.2 Å². The van der Waals surface area contributed by atoms with E-state index in [1.807, 2.05) is 45.7 Å². The van der Waals surface area contributed by atoms with Gasteiger partial charge in [-0.25, -0.2) is 0 Å². The number of ether oxygens (including phenoxy) is 3. The molecule has 0 bridgehead atoms. The first-order chi connectivity index (χ1) is 13.4. The van der Waals surface area contributed by atoms with Crippen LogP contribution in [-0.2, 0) is 7.05 Å². The number of nitrogens with one attached hydrogen (secondary N) is 2. The monoisotopic (exact) mass is 518 g/mol. The molecule has 9 nitrogen and oxygen atoms in total. The summed E-state index contributed by atoms with van der Waals surface area (Å²) in [5, 5.41) is 10.9. The number of nitrogens with zero attached hydrogens (tertiary/aromatic N) is 4. The van der Waals surface area contributed by atoms with Crippen LogP contribution in [0.15, 0.2) is 29.5 Å². The third kappa shape index (κ3) is 6.39. The first-order valence-corrected chi connectivity index (χ1v) is 8.86. The van der Waals surface area contributed by atoms with Crippen molar-refractivity contribution in [3.63, 3.8) is 0 Å². The van der Waals surface area contributed by atoms with Gasteiger partial charge in [-0.3, -0.25) is 9.67 Å². The van der Waals surface area contributed by atoms with E-state index in [-0.39, 0.29) is 30.0 Å². The van der Waals surface area contributed by atoms with Crippen LogP contribution in [0.4, 0.5) is 5.69 Å². The Balaban J connectivity index is 0.00000420. The van der Waals surface area contributed by atoms with Gasteiger partial charge in [0.25, 0.3) is 0 Å². The molecule has 0 amide bonds. The Bertz CT molecular complexity index is 784. The minimum atomic E-state index is 0. The van der Waals surface area contributed by atoms with Crippen LogP contribution in [0.2, 0.25) is 0 Å². The quantitative estimate of drug-likeness (QED) is 0.315. The largest absolute Gasteiger partial charge is 0.493 e. The Labute approximate surface area is 189 Å². The zero-order chi connectivity index (χ0) is 20.7. The zero-order valence-electron chi connectivity index (χ0n) is 18.0. The molecule has 1 aromatic heterocycles. The number of guanidine groups is 1. The molecule has 1 aromatic carbocycles. The van der Waals surface area contributed by atoms with E-state index in [2.05, 4.69) is 25.6 Å². The Hall–Kier alpha value is -2.21. The lowest BCUT2D eigenvalue weighted by molar-refractivity contribution is 0.298. The molecule has 0 radical (unpaired) electrons. The minimum Gasteiger partial charge on any atom is -0.493 e. The predicted molar refractivity (Wildman–Crippen MR) is 126 cm³/mol. The van der Waals surface area contributed by atoms with E-state index in [1.165, 1.54) is 0 Å². The Morgan fingerprint density at radius 1 is 1.17 bits per heavy atom. The molecule has 162 valence electrons. The number of aliphatic imine (C=N–C) groups is 1. The van der Waals surface area contributed by atoms with Gasteiger partial charge in [0, 0.05) is 50.2 Å². The van der Waals surface area contributed by atoms with Crippen molar-refractivity contribution in [1.29, 1.82) is 0 Å². The first kappa shape index (κ1) is 24.8. The van der Waals surface area contributed by atoms with Crippen LogP contribution < -0.4 is 24.8 Å². The highest BCUT2D eigenvalue weighted by Crippen LogP contribution is 2.39. The van der Waals surface area contributed by atoms with E-state index in [0.29, 0.717) is 29.8 Å². The standard InChI is InChI=1S/C19H30N6O3.HI/c1-20-19(21-11-15(24(2)3)13-10-22-25(4)12-13)23-14-8-16(26-5)18(28-7)17(9-14)27-6;/h8-10,12,15H,11H2,1-7H3,(H2,20,21,23);1H. The van der Waals surface area contributed by atoms with Crippen LogP contribution in [0, 0.1) is 0 Å². The van der Waals surface area contributed by atoms with Crippen LogP contribution in [0.25, 0.3) is 0 Å². The topological polar surface area (TPSA) is 85.2 Å². The average molecular weight is 518 g/mol. The number of hydrogen-bond acceptors (Lipinski definition) is 6. The van der Waals surface area contributed by atoms with E-state index in [4.69, 9.17) is 14.2 Å². The summed E-state index contributed by atoms with van der Waals surface area (Å²) in [6.45, 7) is 0.656. The van der Waals surface area contributed by atoms with Crippen molar-refractivity contribution in [1.82, 2.24) is 20.0 Å². The highest BCUT2D eigenvalue weighted by molar-refractivity contribution is 14.0. The SMILES string of the molecule is CN=C(NCC(c1cnn(C)c1)N(C)C)Nc1cc(OC)c(OC)c(OC)c1.I. The van der Waals surface area contributed by atoms with Crippen molar-refractivity contribution >= 4 is 35.6 Å². The number of benzene rings is 1. The smallest absolute Gasteiger partial charge is 0.203 e. The summed E-state index contributed by atoms with van der Waals surface area (Å²) in [4.78, 5) is 6.44. The molecule has 2 aromatic rings. The molecule has 1 heterocycles. The molecular formula is C19H31IN6O3. The summed E-state index contributed by atoms with van der Waals surface area (Å²) < 4.78 is 18.0. The van der Waals surface area contributed by atoms with Crippen LogP contribution in [0.1, 0.15) is 11.6 Å². The highest BCUT2D eigenvalue weighted by Gasteiger charge is 2.17. The normalized spacial score (nSPS) is 12.2. The Morgan fingerprint density at radius 3 is 2.21 bits per heavy atom. The summed E-state index contributed by atoms with van der Waals surface area (Å²) >= 11 is 0. The number of hydrogen-bond donors (Lipinski definition) is 2. The van der Waals surface area contributed by atoms with E-state index < -0.39 is 0 Å². The number of anilines is 1. The Kier molecular flexibility index (Phi) is 10.0. The van der Waals surface area contributed by atoms with Crippen molar-refractivity contribution < 1.29 is 14.2 Å². The molecule has 0 aliphatic carbocycles. The lowest BCUT2D eigenvalue weighted by atomic mass is 10.1. The fraction of sp³-hybridized carbons (Fsp3) is 0.474. The van der Waals surface area contributed by atoms with Gasteiger partial charge in [0.15, 0.2) is 17.5 Å². The predicted octanol–water partition coefficient (Wildman–Crippen LogP) is 2.35. The van der Waals surface area contributed by atoms with Gasteiger partial charge in [-0.15, -0.1) is 24.0 Å². The summed E-state index contributed by atoms with van der Waals surface area (Å²) in [6.07, 6.45) is 3.89. The first-order valence-electron chi connectivity index (χ1n) is 8.86. The van der Waals surface area contributed by atoms with Gasteiger partial charge >= 0.3 is 0 Å². The molecule has 0 saturated heterocycles. The number of methoxy groups -OCH3 is 3. The molecule has 2 N–H and O–H groups in total. The van der Waals surface area contributed by atoms with Gasteiger partial charge in [-0.2, -0.15) is 5.10 Å². The number of rotatable bonds is 8. The molecule has 2 rings (SSSR count). The van der Waals surface area contributed by atoms with Crippen molar-refractivity contribution in [2.75, 3.05) is 54.3 Å². The second-order valence-electron chi connectivity index (χ2n) is 6.42. The fourth-order valence-electron chi connectivity index (χ4n) is 2.87. The molecule has 1 atom stereocenters. The van der Waals surface area contributed by atoms with Gasteiger partial charge in [0.05, 0.1) is 33.6 Å². The second kappa shape index (κ2) is 11.7. The third-order valence-corrected chi connectivity index (χ3v) is 4.35. The van der Waals surface area contributed by atoms with Crippen molar-refractivity contribution in [3.05, 3.63) is 30.1 Å². The van der Waals surface area contributed by atoms with Crippen molar-refractivity contribution in [2.45, 2.75) is 6.04 Å². The number of likely N-dealkylation sites (N-methyl/N-ethyl adjacent to an activating group) is 1. The molecule has 0 saturated carbocycles. The number of aromatic nitrogens is 2. The zero-order valence-corrected chi connectivity index (χ0v) is 20.3. The molecular weight excluding hydrogens is 487 g/mol. The Morgan fingerprint density at radius 2 is 1.79 bits per heavy atom. The maximum Gasteiger partial charge on any atom is 0.203 e. The maximum atomic E-state index is 5.40. The third-order valence-electron chi connectivity index (χ3n) is 4.35. The van der Waals surface area contributed by atoms with Gasteiger partial charge < -0.3 is 29.7 Å². The second-order valence-corrected chi connectivity index (χ2v) is 6.42. The van der Waals surface area contributed by atoms with E-state index >= 15 is 0 Å². The van der Waals surface area contributed by atoms with Crippen LogP contribution in [-0.4, -0.2) is 69.7 Å². The van der Waals surface area contributed by atoms with Gasteiger partial charge in [-0.05, 0) is 14.1 Å². The lowest BCUT2D eigenvalue weighted by Gasteiger charge is -2.24. The van der Waals surface area contributed by atoms with Gasteiger partial charge in [-0.1, -0.05) is 0 Å². The maximum absolute atomic E-state index is 5.40. The van der Waals surface area contributed by atoms with Crippen molar-refractivity contribution in [2.24, 2.45) is 12.0 Å². The summed E-state index contributed by atoms with van der Waals surface area (Å²) in [7, 11) is 12.5. The van der Waals surface area contributed by atoms with E-state index in [9.17, 15) is 0 Å². The molecule has 10 heteroatoms. The number of aryl methyl sites for hydroxylation is 1. The molecule has 1 unspecified atom stereocenters. The average Bonchev–Trinajstić information content (AvgIpc) is 3.11. The van der Waals surface area contributed by atoms with Crippen LogP contribution in [0.3, 0.4) is 0 Å². The van der Waals surface area contributed by atoms with Crippen molar-refractivity contribution in [3.8, 4) is 17.2 Å². The lowest BCUT2D eigenvalue weighted by Crippen LogP contribution is -2.37. The van der Waals surface area contributed by atoms with E-state index in [0.717, 1.165) is 11.3 Å². The molecule has 0 aliphatic rings.